The molecular weight excluding hydrogens is 298 g/mol. The molecule has 0 spiro atoms. The molecule has 2 N–H and O–H groups in total. The number of hydrogen-bond acceptors (Lipinski definition) is 2. The molecule has 4 heteroatoms. The van der Waals surface area contributed by atoms with E-state index in [9.17, 15) is 4.79 Å². The number of fused-ring (bicyclic) bond motifs is 2. The van der Waals surface area contributed by atoms with Crippen molar-refractivity contribution in [2.45, 2.75) is 38.8 Å². The van der Waals surface area contributed by atoms with Crippen LogP contribution in [0.25, 0.3) is 5.65 Å². The smallest absolute Gasteiger partial charge is 0.258 e. The second kappa shape index (κ2) is 6.21. The summed E-state index contributed by atoms with van der Waals surface area (Å²) in [6, 6.07) is 14.7. The van der Waals surface area contributed by atoms with Gasteiger partial charge in [0.2, 0.25) is 0 Å². The Bertz CT molecular complexity index is 945. The fourth-order valence-corrected chi connectivity index (χ4v) is 3.66. The Morgan fingerprint density at radius 1 is 1.25 bits per heavy atom. The molecule has 0 aliphatic heterocycles. The fourth-order valence-electron chi connectivity index (χ4n) is 3.66. The second-order valence-electron chi connectivity index (χ2n) is 6.66. The number of pyridine rings is 1. The lowest BCUT2D eigenvalue weighted by atomic mass is 9.88. The number of hydrogen-bond donors (Lipinski definition) is 1. The van der Waals surface area contributed by atoms with Gasteiger partial charge in [-0.25, -0.2) is 4.98 Å². The largest absolute Gasteiger partial charge is 0.335 e. The molecule has 0 radical (unpaired) electrons. The Kier molecular flexibility index (Phi) is 3.90. The van der Waals surface area contributed by atoms with Gasteiger partial charge in [-0.3, -0.25) is 9.20 Å². The molecule has 24 heavy (non-hydrogen) atoms. The van der Waals surface area contributed by atoms with Gasteiger partial charge in [-0.05, 0) is 37.0 Å². The lowest BCUT2D eigenvalue weighted by Gasteiger charge is -2.23. The van der Waals surface area contributed by atoms with Crippen molar-refractivity contribution in [3.63, 3.8) is 0 Å². The maximum atomic E-state index is 12.3. The Morgan fingerprint density at radius 3 is 3.04 bits per heavy atom. The third-order valence-electron chi connectivity index (χ3n) is 4.89. The molecular formula is C20H22N3O+. The van der Waals surface area contributed by atoms with Crippen LogP contribution in [0.5, 0.6) is 0 Å². The first-order chi connectivity index (χ1) is 11.7. The summed E-state index contributed by atoms with van der Waals surface area (Å²) >= 11 is 0. The molecule has 0 unspecified atom stereocenters. The zero-order chi connectivity index (χ0) is 16.5. The van der Waals surface area contributed by atoms with Gasteiger partial charge in [-0.15, -0.1) is 0 Å². The molecule has 0 saturated carbocycles. The van der Waals surface area contributed by atoms with Gasteiger partial charge < -0.3 is 5.32 Å². The fraction of sp³-hybridized carbons (Fsp3) is 0.300. The van der Waals surface area contributed by atoms with E-state index in [4.69, 9.17) is 0 Å². The first-order valence-corrected chi connectivity index (χ1v) is 8.61. The number of aromatic nitrogens is 2. The van der Waals surface area contributed by atoms with Crippen LogP contribution in [0.1, 0.15) is 41.3 Å². The van der Waals surface area contributed by atoms with E-state index in [2.05, 4.69) is 34.6 Å². The van der Waals surface area contributed by atoms with Gasteiger partial charge in [0.25, 0.3) is 5.56 Å². The molecule has 1 aliphatic rings. The van der Waals surface area contributed by atoms with Crippen LogP contribution in [0.4, 0.5) is 0 Å². The van der Waals surface area contributed by atoms with Crippen molar-refractivity contribution in [2.75, 3.05) is 0 Å². The highest BCUT2D eigenvalue weighted by atomic mass is 16.1. The summed E-state index contributed by atoms with van der Waals surface area (Å²) in [5, 5.41) is 2.32. The normalized spacial score (nSPS) is 17.0. The van der Waals surface area contributed by atoms with Crippen molar-refractivity contribution in [1.29, 1.82) is 0 Å². The van der Waals surface area contributed by atoms with Crippen LogP contribution >= 0.6 is 0 Å². The minimum atomic E-state index is -0.00357. The summed E-state index contributed by atoms with van der Waals surface area (Å²) in [7, 11) is 0. The van der Waals surface area contributed by atoms with Crippen molar-refractivity contribution in [2.24, 2.45) is 0 Å². The summed E-state index contributed by atoms with van der Waals surface area (Å²) in [4.78, 5) is 17.0. The van der Waals surface area contributed by atoms with Crippen molar-refractivity contribution >= 4 is 5.65 Å². The lowest BCUT2D eigenvalue weighted by Crippen LogP contribution is -2.84. The highest BCUT2D eigenvalue weighted by Gasteiger charge is 2.22. The molecule has 4 nitrogen and oxygen atoms in total. The van der Waals surface area contributed by atoms with Gasteiger partial charge in [-0.2, -0.15) is 0 Å². The molecule has 0 amide bonds. The van der Waals surface area contributed by atoms with E-state index in [0.717, 1.165) is 23.4 Å². The summed E-state index contributed by atoms with van der Waals surface area (Å²) in [5.41, 5.74) is 5.54. The predicted molar refractivity (Wildman–Crippen MR) is 93.9 cm³/mol. The average Bonchev–Trinajstić information content (AvgIpc) is 2.60. The average molecular weight is 320 g/mol. The second-order valence-corrected chi connectivity index (χ2v) is 6.66. The summed E-state index contributed by atoms with van der Waals surface area (Å²) in [6.45, 7) is 2.71. The third kappa shape index (κ3) is 2.85. The Hall–Kier alpha value is -2.46. The molecule has 0 saturated heterocycles. The number of nitrogens with zero attached hydrogens (tertiary/aromatic N) is 2. The summed E-state index contributed by atoms with van der Waals surface area (Å²) in [5.74, 6) is 0. The SMILES string of the molecule is Cc1ccc2nc(C[NH2+][C@@H]3CCCc4ccccc43)cc(=O)n2c1. The highest BCUT2D eigenvalue weighted by molar-refractivity contribution is 5.39. The number of benzene rings is 1. The monoisotopic (exact) mass is 320 g/mol. The number of quaternary nitrogens is 1. The topological polar surface area (TPSA) is 51.0 Å². The molecule has 4 rings (SSSR count). The zero-order valence-corrected chi connectivity index (χ0v) is 13.9. The molecule has 0 bridgehead atoms. The van der Waals surface area contributed by atoms with Crippen LogP contribution in [0, 0.1) is 6.92 Å². The zero-order valence-electron chi connectivity index (χ0n) is 13.9. The highest BCUT2D eigenvalue weighted by Crippen LogP contribution is 2.26. The van der Waals surface area contributed by atoms with E-state index in [0.29, 0.717) is 6.04 Å². The van der Waals surface area contributed by atoms with Crippen LogP contribution in [0.15, 0.2) is 53.5 Å². The van der Waals surface area contributed by atoms with Crippen LogP contribution in [-0.2, 0) is 13.0 Å². The van der Waals surface area contributed by atoms with E-state index < -0.39 is 0 Å². The predicted octanol–water partition coefficient (Wildman–Crippen LogP) is 2.14. The Balaban J connectivity index is 1.58. The Morgan fingerprint density at radius 2 is 2.12 bits per heavy atom. The lowest BCUT2D eigenvalue weighted by molar-refractivity contribution is -0.712. The van der Waals surface area contributed by atoms with Gasteiger partial charge in [-0.1, -0.05) is 30.3 Å². The molecule has 2 aromatic heterocycles. The van der Waals surface area contributed by atoms with Crippen LogP contribution in [-0.4, -0.2) is 9.38 Å². The van der Waals surface area contributed by atoms with E-state index in [1.165, 1.54) is 30.4 Å². The summed E-state index contributed by atoms with van der Waals surface area (Å²) < 4.78 is 1.62. The molecule has 0 fully saturated rings. The van der Waals surface area contributed by atoms with Gasteiger partial charge in [0.1, 0.15) is 23.9 Å². The van der Waals surface area contributed by atoms with E-state index >= 15 is 0 Å². The third-order valence-corrected chi connectivity index (χ3v) is 4.89. The van der Waals surface area contributed by atoms with Gasteiger partial charge >= 0.3 is 0 Å². The maximum absolute atomic E-state index is 12.3. The molecule has 122 valence electrons. The van der Waals surface area contributed by atoms with Crippen molar-refractivity contribution < 1.29 is 5.32 Å². The molecule has 3 aromatic rings. The van der Waals surface area contributed by atoms with Crippen LogP contribution in [0.2, 0.25) is 0 Å². The van der Waals surface area contributed by atoms with E-state index in [1.807, 2.05) is 25.3 Å². The minimum Gasteiger partial charge on any atom is -0.335 e. The maximum Gasteiger partial charge on any atom is 0.258 e. The standard InChI is InChI=1S/C20H21N3O/c1-14-9-10-19-22-16(11-20(24)23(19)13-14)12-21-18-8-4-6-15-5-2-3-7-17(15)18/h2-3,5,7,9-11,13,18,21H,4,6,8,12H2,1H3/p+1/t18-/m1/s1. The summed E-state index contributed by atoms with van der Waals surface area (Å²) in [6.07, 6.45) is 5.43. The first-order valence-electron chi connectivity index (χ1n) is 8.61. The van der Waals surface area contributed by atoms with Gasteiger partial charge in [0, 0.05) is 24.2 Å². The Labute approximate surface area is 141 Å². The van der Waals surface area contributed by atoms with Crippen LogP contribution in [0.3, 0.4) is 0 Å². The van der Waals surface area contributed by atoms with E-state index in [-0.39, 0.29) is 5.56 Å². The van der Waals surface area contributed by atoms with E-state index in [1.54, 1.807) is 10.5 Å². The number of rotatable bonds is 3. The molecule has 1 atom stereocenters. The van der Waals surface area contributed by atoms with Crippen molar-refractivity contribution in [3.05, 3.63) is 81.4 Å². The van der Waals surface area contributed by atoms with Gasteiger partial charge in [0.05, 0.1) is 0 Å². The molecule has 1 aliphatic carbocycles. The number of aryl methyl sites for hydroxylation is 2. The molecule has 2 heterocycles. The minimum absolute atomic E-state index is 0.00357. The molecule has 1 aromatic carbocycles. The first kappa shape index (κ1) is 15.1. The van der Waals surface area contributed by atoms with Crippen LogP contribution < -0.4 is 10.9 Å². The number of nitrogens with two attached hydrogens (primary N) is 1. The quantitative estimate of drug-likeness (QED) is 0.804. The van der Waals surface area contributed by atoms with Crippen molar-refractivity contribution in [1.82, 2.24) is 9.38 Å². The van der Waals surface area contributed by atoms with Crippen molar-refractivity contribution in [3.8, 4) is 0 Å². The van der Waals surface area contributed by atoms with Gasteiger partial charge in [0.15, 0.2) is 0 Å².